The fourth-order valence-electron chi connectivity index (χ4n) is 2.76. The number of methoxy groups -OCH3 is 1. The Labute approximate surface area is 137 Å². The number of hydrogen-bond acceptors (Lipinski definition) is 6. The van der Waals surface area contributed by atoms with Gasteiger partial charge in [0.05, 0.1) is 24.8 Å². The molecule has 134 valence electrons. The van der Waals surface area contributed by atoms with E-state index in [9.17, 15) is 18.0 Å². The zero-order valence-corrected chi connectivity index (χ0v) is 14.9. The van der Waals surface area contributed by atoms with Crippen LogP contribution in [0.2, 0.25) is 0 Å². The second kappa shape index (κ2) is 7.59. The number of carbonyl (C=O) groups excluding carboxylic acids is 1. The standard InChI is InChI=1S/C14H26N2O6S/c1-5-16(8-12(17)18)11-6-10(7-11)15-23(20,21)9-14(2,3)13(19)22-4/h10-11,15H,5-9H2,1-4H3,(H,17,18). The first kappa shape index (κ1) is 19.9. The number of nitrogens with zero attached hydrogens (tertiary/aromatic N) is 1. The van der Waals surface area contributed by atoms with Crippen LogP contribution in [-0.2, 0) is 24.3 Å². The Hall–Kier alpha value is -1.19. The van der Waals surface area contributed by atoms with Gasteiger partial charge in [0, 0.05) is 12.1 Å². The molecule has 0 heterocycles. The number of likely N-dealkylation sites (N-methyl/N-ethyl adjacent to an activating group) is 1. The Morgan fingerprint density at radius 2 is 1.91 bits per heavy atom. The summed E-state index contributed by atoms with van der Waals surface area (Å²) in [6, 6.07) is -0.154. The largest absolute Gasteiger partial charge is 0.480 e. The van der Waals surface area contributed by atoms with Crippen LogP contribution in [0, 0.1) is 5.41 Å². The van der Waals surface area contributed by atoms with E-state index in [2.05, 4.69) is 9.46 Å². The van der Waals surface area contributed by atoms with E-state index in [4.69, 9.17) is 5.11 Å². The Morgan fingerprint density at radius 3 is 2.35 bits per heavy atom. The molecule has 9 heteroatoms. The molecule has 0 atom stereocenters. The fourth-order valence-corrected chi connectivity index (χ4v) is 4.61. The molecule has 1 rings (SSSR count). The lowest BCUT2D eigenvalue weighted by atomic mass is 9.86. The van der Waals surface area contributed by atoms with Gasteiger partial charge in [0.2, 0.25) is 10.0 Å². The maximum Gasteiger partial charge on any atom is 0.317 e. The molecule has 2 N–H and O–H groups in total. The van der Waals surface area contributed by atoms with Crippen LogP contribution in [0.1, 0.15) is 33.6 Å². The number of carbonyl (C=O) groups is 2. The minimum atomic E-state index is -3.62. The number of ether oxygens (including phenoxy) is 1. The van der Waals surface area contributed by atoms with Crippen molar-refractivity contribution in [3.8, 4) is 0 Å². The summed E-state index contributed by atoms with van der Waals surface area (Å²) in [6.07, 6.45) is 1.14. The molecule has 0 aromatic carbocycles. The van der Waals surface area contributed by atoms with Gasteiger partial charge in [-0.25, -0.2) is 13.1 Å². The van der Waals surface area contributed by atoms with Crippen LogP contribution >= 0.6 is 0 Å². The summed E-state index contributed by atoms with van der Waals surface area (Å²) in [5.41, 5.74) is -1.12. The number of carboxylic acids is 1. The highest BCUT2D eigenvalue weighted by atomic mass is 32.2. The lowest BCUT2D eigenvalue weighted by Crippen LogP contribution is -2.55. The highest BCUT2D eigenvalue weighted by molar-refractivity contribution is 7.89. The normalized spacial score (nSPS) is 21.8. The molecule has 0 unspecified atom stereocenters. The molecule has 1 aliphatic carbocycles. The topological polar surface area (TPSA) is 113 Å². The summed E-state index contributed by atoms with van der Waals surface area (Å²) in [7, 11) is -2.39. The predicted molar refractivity (Wildman–Crippen MR) is 84.4 cm³/mol. The average Bonchev–Trinajstić information content (AvgIpc) is 2.37. The van der Waals surface area contributed by atoms with E-state index in [0.29, 0.717) is 19.4 Å². The lowest BCUT2D eigenvalue weighted by Gasteiger charge is -2.42. The maximum absolute atomic E-state index is 12.2. The Balaban J connectivity index is 2.53. The Morgan fingerprint density at radius 1 is 1.35 bits per heavy atom. The zero-order chi connectivity index (χ0) is 17.8. The van der Waals surface area contributed by atoms with E-state index >= 15 is 0 Å². The van der Waals surface area contributed by atoms with E-state index in [-0.39, 0.29) is 24.4 Å². The molecule has 0 aromatic heterocycles. The van der Waals surface area contributed by atoms with Crippen LogP contribution in [0.5, 0.6) is 0 Å². The molecule has 0 bridgehead atoms. The highest BCUT2D eigenvalue weighted by Crippen LogP contribution is 2.27. The molecule has 1 aliphatic rings. The van der Waals surface area contributed by atoms with Crippen molar-refractivity contribution < 1.29 is 27.9 Å². The molecular weight excluding hydrogens is 324 g/mol. The van der Waals surface area contributed by atoms with Crippen molar-refractivity contribution in [2.75, 3.05) is 26.0 Å². The third-order valence-corrected chi connectivity index (χ3v) is 5.80. The van der Waals surface area contributed by atoms with Crippen LogP contribution in [0.25, 0.3) is 0 Å². The SMILES string of the molecule is CCN(CC(=O)O)C1CC(NS(=O)(=O)CC(C)(C)C(=O)OC)C1. The van der Waals surface area contributed by atoms with E-state index in [1.54, 1.807) is 0 Å². The van der Waals surface area contributed by atoms with Crippen LogP contribution < -0.4 is 4.72 Å². The summed E-state index contributed by atoms with van der Waals surface area (Å²) < 4.78 is 31.5. The third-order valence-electron chi connectivity index (χ3n) is 4.01. The van der Waals surface area contributed by atoms with Gasteiger partial charge in [-0.3, -0.25) is 14.5 Å². The first-order valence-corrected chi connectivity index (χ1v) is 9.20. The third kappa shape index (κ3) is 5.74. The minimum Gasteiger partial charge on any atom is -0.480 e. The summed E-state index contributed by atoms with van der Waals surface area (Å²) >= 11 is 0. The first-order valence-electron chi connectivity index (χ1n) is 7.55. The van der Waals surface area contributed by atoms with Crippen molar-refractivity contribution >= 4 is 22.0 Å². The van der Waals surface area contributed by atoms with Crippen molar-refractivity contribution in [3.63, 3.8) is 0 Å². The van der Waals surface area contributed by atoms with Gasteiger partial charge in [-0.15, -0.1) is 0 Å². The smallest absolute Gasteiger partial charge is 0.317 e. The van der Waals surface area contributed by atoms with Crippen molar-refractivity contribution in [2.45, 2.75) is 45.7 Å². The fraction of sp³-hybridized carbons (Fsp3) is 0.857. The van der Waals surface area contributed by atoms with Gasteiger partial charge < -0.3 is 9.84 Å². The average molecular weight is 350 g/mol. The lowest BCUT2D eigenvalue weighted by molar-refractivity contribution is -0.149. The van der Waals surface area contributed by atoms with Crippen LogP contribution in [0.4, 0.5) is 0 Å². The van der Waals surface area contributed by atoms with Gasteiger partial charge in [0.25, 0.3) is 0 Å². The number of nitrogens with one attached hydrogen (secondary N) is 1. The summed E-state index contributed by atoms with van der Waals surface area (Å²) in [6.45, 7) is 5.47. The molecule has 0 saturated heterocycles. The maximum atomic E-state index is 12.2. The van der Waals surface area contributed by atoms with Gasteiger partial charge in [-0.2, -0.15) is 0 Å². The second-order valence-electron chi connectivity index (χ2n) is 6.53. The monoisotopic (exact) mass is 350 g/mol. The number of aliphatic carboxylic acids is 1. The number of sulfonamides is 1. The molecule has 8 nitrogen and oxygen atoms in total. The minimum absolute atomic E-state index is 0.0456. The van der Waals surface area contributed by atoms with E-state index < -0.39 is 27.4 Å². The van der Waals surface area contributed by atoms with Crippen molar-refractivity contribution in [1.29, 1.82) is 0 Å². The number of rotatable bonds is 9. The van der Waals surface area contributed by atoms with Gasteiger partial charge in [-0.05, 0) is 33.2 Å². The van der Waals surface area contributed by atoms with Crippen LogP contribution in [0.3, 0.4) is 0 Å². The molecule has 23 heavy (non-hydrogen) atoms. The summed E-state index contributed by atoms with van der Waals surface area (Å²) in [5.74, 6) is -1.82. The number of hydrogen-bond donors (Lipinski definition) is 2. The van der Waals surface area contributed by atoms with E-state index in [1.165, 1.54) is 21.0 Å². The zero-order valence-electron chi connectivity index (χ0n) is 14.0. The molecule has 0 aliphatic heterocycles. The summed E-state index contributed by atoms with van der Waals surface area (Å²) in [5, 5.41) is 8.84. The van der Waals surface area contributed by atoms with E-state index in [0.717, 1.165) is 0 Å². The summed E-state index contributed by atoms with van der Waals surface area (Å²) in [4.78, 5) is 24.2. The van der Waals surface area contributed by atoms with Gasteiger partial charge in [0.1, 0.15) is 0 Å². The molecule has 0 amide bonds. The molecule has 0 spiro atoms. The number of esters is 1. The van der Waals surface area contributed by atoms with E-state index in [1.807, 2.05) is 11.8 Å². The first-order chi connectivity index (χ1) is 10.5. The molecule has 0 radical (unpaired) electrons. The molecule has 0 aromatic rings. The molecule has 1 fully saturated rings. The Bertz CT molecular complexity index is 539. The second-order valence-corrected chi connectivity index (χ2v) is 8.29. The van der Waals surface area contributed by atoms with Gasteiger partial charge >= 0.3 is 11.9 Å². The molecule has 1 saturated carbocycles. The Kier molecular flexibility index (Phi) is 6.55. The van der Waals surface area contributed by atoms with Gasteiger partial charge in [0.15, 0.2) is 0 Å². The van der Waals surface area contributed by atoms with Crippen molar-refractivity contribution in [3.05, 3.63) is 0 Å². The predicted octanol–water partition coefficient (Wildman–Crippen LogP) is 0.0425. The van der Waals surface area contributed by atoms with Gasteiger partial charge in [-0.1, -0.05) is 6.92 Å². The number of carboxylic acid groups (broad SMARTS) is 1. The van der Waals surface area contributed by atoms with Crippen LogP contribution in [-0.4, -0.2) is 68.4 Å². The molecular formula is C14H26N2O6S. The quantitative estimate of drug-likeness (QED) is 0.565. The highest BCUT2D eigenvalue weighted by Gasteiger charge is 2.39. The van der Waals surface area contributed by atoms with Crippen molar-refractivity contribution in [2.24, 2.45) is 5.41 Å². The van der Waals surface area contributed by atoms with Crippen molar-refractivity contribution in [1.82, 2.24) is 9.62 Å². The van der Waals surface area contributed by atoms with Crippen LogP contribution in [0.15, 0.2) is 0 Å².